The lowest BCUT2D eigenvalue weighted by Gasteiger charge is -2.35. The number of rotatable bonds is 4. The van der Waals surface area contributed by atoms with Crippen LogP contribution in [0.25, 0.3) is 6.08 Å². The van der Waals surface area contributed by atoms with E-state index in [1.54, 1.807) is 36.4 Å². The van der Waals surface area contributed by atoms with Crippen molar-refractivity contribution < 1.29 is 23.9 Å². The molecule has 4 atom stereocenters. The maximum absolute atomic E-state index is 13.9. The van der Waals surface area contributed by atoms with E-state index in [1.165, 1.54) is 19.1 Å². The summed E-state index contributed by atoms with van der Waals surface area (Å²) in [5.41, 5.74) is 2.64. The van der Waals surface area contributed by atoms with Crippen LogP contribution in [0.15, 0.2) is 79.0 Å². The van der Waals surface area contributed by atoms with Gasteiger partial charge < -0.3 is 9.64 Å². The molecule has 0 aromatic heterocycles. The molecule has 2 saturated heterocycles. The van der Waals surface area contributed by atoms with Crippen molar-refractivity contribution in [1.29, 1.82) is 0 Å². The van der Waals surface area contributed by atoms with Crippen LogP contribution in [0.1, 0.15) is 34.5 Å². The summed E-state index contributed by atoms with van der Waals surface area (Å²) >= 11 is 6.03. The molecular weight excluding hydrogens is 492 g/mol. The number of hydrogen-bond donors (Lipinski definition) is 0. The van der Waals surface area contributed by atoms with E-state index < -0.39 is 35.8 Å². The summed E-state index contributed by atoms with van der Waals surface area (Å²) < 4.78 is 5.08. The molecule has 0 radical (unpaired) electrons. The SMILES string of the molecule is CC(=O)Oc1ccc(N2C(=O)[C@@H]3[C@H](C2=O)[C@H]2c4ccccc4C=CN2[C@@H]3C(=O)c2ccc(Cl)cc2)cc1. The third-order valence-corrected chi connectivity index (χ3v) is 7.47. The van der Waals surface area contributed by atoms with Crippen LogP contribution >= 0.6 is 11.6 Å². The van der Waals surface area contributed by atoms with Gasteiger partial charge in [0, 0.05) is 23.7 Å². The Hall–Kier alpha value is -4.23. The number of hydrogen-bond acceptors (Lipinski definition) is 6. The average molecular weight is 513 g/mol. The van der Waals surface area contributed by atoms with Crippen molar-refractivity contribution in [3.05, 3.63) is 101 Å². The number of carbonyl (C=O) groups is 4. The van der Waals surface area contributed by atoms with E-state index in [9.17, 15) is 19.2 Å². The second kappa shape index (κ2) is 8.71. The quantitative estimate of drug-likeness (QED) is 0.219. The molecule has 0 unspecified atom stereocenters. The summed E-state index contributed by atoms with van der Waals surface area (Å²) in [6.45, 7) is 1.29. The first-order valence-electron chi connectivity index (χ1n) is 11.9. The van der Waals surface area contributed by atoms with E-state index in [-0.39, 0.29) is 11.7 Å². The van der Waals surface area contributed by atoms with Crippen molar-refractivity contribution in [3.63, 3.8) is 0 Å². The smallest absolute Gasteiger partial charge is 0.308 e. The summed E-state index contributed by atoms with van der Waals surface area (Å²) in [5, 5.41) is 0.501. The van der Waals surface area contributed by atoms with Crippen molar-refractivity contribution in [2.75, 3.05) is 4.90 Å². The monoisotopic (exact) mass is 512 g/mol. The number of ketones is 1. The highest BCUT2D eigenvalue weighted by molar-refractivity contribution is 6.30. The van der Waals surface area contributed by atoms with Crippen molar-refractivity contribution in [1.82, 2.24) is 4.90 Å². The van der Waals surface area contributed by atoms with Crippen LogP contribution < -0.4 is 9.64 Å². The average Bonchev–Trinajstić information content (AvgIpc) is 3.37. The van der Waals surface area contributed by atoms with Crippen LogP contribution in [0.2, 0.25) is 5.02 Å². The molecule has 0 saturated carbocycles. The maximum Gasteiger partial charge on any atom is 0.308 e. The second-order valence-corrected chi connectivity index (χ2v) is 9.74. The van der Waals surface area contributed by atoms with E-state index in [1.807, 2.05) is 41.4 Å². The van der Waals surface area contributed by atoms with Crippen LogP contribution in [0.3, 0.4) is 0 Å². The molecule has 2 fully saturated rings. The molecule has 37 heavy (non-hydrogen) atoms. The van der Waals surface area contributed by atoms with Gasteiger partial charge in [-0.05, 0) is 65.7 Å². The van der Waals surface area contributed by atoms with Gasteiger partial charge in [0.25, 0.3) is 0 Å². The molecule has 0 N–H and O–H groups in total. The number of imide groups is 1. The van der Waals surface area contributed by atoms with E-state index in [0.717, 1.165) is 16.0 Å². The molecule has 6 rings (SSSR count). The van der Waals surface area contributed by atoms with Crippen molar-refractivity contribution in [2.24, 2.45) is 11.8 Å². The van der Waals surface area contributed by atoms with E-state index in [0.29, 0.717) is 22.0 Å². The fourth-order valence-corrected chi connectivity index (χ4v) is 5.85. The maximum atomic E-state index is 13.9. The molecule has 3 heterocycles. The first-order valence-corrected chi connectivity index (χ1v) is 12.2. The number of nitrogens with zero attached hydrogens (tertiary/aromatic N) is 2. The predicted molar refractivity (Wildman–Crippen MR) is 137 cm³/mol. The van der Waals surface area contributed by atoms with E-state index in [4.69, 9.17) is 16.3 Å². The molecule has 2 amide bonds. The third kappa shape index (κ3) is 3.65. The van der Waals surface area contributed by atoms with Gasteiger partial charge in [0.15, 0.2) is 5.78 Å². The molecule has 0 spiro atoms. The predicted octanol–water partition coefficient (Wildman–Crippen LogP) is 4.66. The second-order valence-electron chi connectivity index (χ2n) is 9.30. The minimum Gasteiger partial charge on any atom is -0.427 e. The number of amides is 2. The largest absolute Gasteiger partial charge is 0.427 e. The normalized spacial score (nSPS) is 23.5. The van der Waals surface area contributed by atoms with Gasteiger partial charge >= 0.3 is 5.97 Å². The minimum absolute atomic E-state index is 0.244. The van der Waals surface area contributed by atoms with Gasteiger partial charge in [-0.1, -0.05) is 35.9 Å². The van der Waals surface area contributed by atoms with E-state index >= 15 is 0 Å². The lowest BCUT2D eigenvalue weighted by Crippen LogP contribution is -2.44. The van der Waals surface area contributed by atoms with Gasteiger partial charge in [-0.25, -0.2) is 4.90 Å². The molecule has 0 bridgehead atoms. The van der Waals surface area contributed by atoms with Crippen molar-refractivity contribution in [2.45, 2.75) is 19.0 Å². The minimum atomic E-state index is -0.871. The van der Waals surface area contributed by atoms with Crippen molar-refractivity contribution >= 4 is 46.9 Å². The summed E-state index contributed by atoms with van der Waals surface area (Å²) in [5.74, 6) is -2.80. The topological polar surface area (TPSA) is 84.0 Å². The lowest BCUT2D eigenvalue weighted by atomic mass is 9.83. The summed E-state index contributed by atoms with van der Waals surface area (Å²) in [6, 6.07) is 19.1. The number of fused-ring (bicyclic) bond motifs is 5. The molecule has 0 aliphatic carbocycles. The molecule has 7 nitrogen and oxygen atoms in total. The van der Waals surface area contributed by atoms with Crippen LogP contribution in [0.4, 0.5) is 5.69 Å². The zero-order valence-electron chi connectivity index (χ0n) is 19.7. The number of benzene rings is 3. The third-order valence-electron chi connectivity index (χ3n) is 7.22. The fraction of sp³-hybridized carbons (Fsp3) is 0.172. The Bertz CT molecular complexity index is 1480. The molecule has 3 aliphatic rings. The Balaban J connectivity index is 1.44. The number of ether oxygens (including phenoxy) is 1. The fourth-order valence-electron chi connectivity index (χ4n) is 5.73. The van der Waals surface area contributed by atoms with E-state index in [2.05, 4.69) is 0 Å². The number of anilines is 1. The molecule has 3 aliphatic heterocycles. The highest BCUT2D eigenvalue weighted by Gasteiger charge is 2.64. The van der Waals surface area contributed by atoms with Crippen molar-refractivity contribution in [3.8, 4) is 5.75 Å². The zero-order valence-corrected chi connectivity index (χ0v) is 20.5. The molecule has 184 valence electrons. The number of halogens is 1. The standard InChI is InChI=1S/C29H21ClN2O5/c1-16(33)37-21-12-10-20(11-13-21)32-28(35)23-24(29(32)36)26(27(34)18-6-8-19(30)9-7-18)31-15-14-17-4-2-3-5-22(17)25(23)31/h2-15,23-26H,1H3/t23-,24+,25+,26-/m0/s1. The summed E-state index contributed by atoms with van der Waals surface area (Å²) in [6.07, 6.45) is 3.73. The Morgan fingerprint density at radius 1 is 0.865 bits per heavy atom. The lowest BCUT2D eigenvalue weighted by molar-refractivity contribution is -0.132. The Morgan fingerprint density at radius 3 is 2.24 bits per heavy atom. The molecular formula is C29H21ClN2O5. The number of esters is 1. The van der Waals surface area contributed by atoms with Crippen LogP contribution in [-0.4, -0.2) is 34.5 Å². The molecule has 8 heteroatoms. The van der Waals surface area contributed by atoms with Gasteiger partial charge in [-0.3, -0.25) is 19.2 Å². The van der Waals surface area contributed by atoms with Gasteiger partial charge in [0.2, 0.25) is 11.8 Å². The Kier molecular flexibility index (Phi) is 5.46. The highest BCUT2D eigenvalue weighted by Crippen LogP contribution is 2.53. The number of Topliss-reactive ketones (excluding diaryl/α,β-unsaturated/α-hetero) is 1. The Morgan fingerprint density at radius 2 is 1.54 bits per heavy atom. The summed E-state index contributed by atoms with van der Waals surface area (Å²) in [7, 11) is 0. The van der Waals surface area contributed by atoms with Gasteiger partial charge in [-0.2, -0.15) is 0 Å². The first-order chi connectivity index (χ1) is 17.8. The highest BCUT2D eigenvalue weighted by atomic mass is 35.5. The van der Waals surface area contributed by atoms with Crippen LogP contribution in [-0.2, 0) is 14.4 Å². The number of carbonyl (C=O) groups excluding carboxylic acids is 4. The van der Waals surface area contributed by atoms with Crippen LogP contribution in [0.5, 0.6) is 5.75 Å². The van der Waals surface area contributed by atoms with Crippen LogP contribution in [0, 0.1) is 11.8 Å². The van der Waals surface area contributed by atoms with Gasteiger partial charge in [0.05, 0.1) is 23.6 Å². The Labute approximate surface area is 217 Å². The summed E-state index contributed by atoms with van der Waals surface area (Å²) in [4.78, 5) is 56.0. The zero-order chi connectivity index (χ0) is 25.8. The first kappa shape index (κ1) is 23.2. The molecule has 3 aromatic rings. The van der Waals surface area contributed by atoms with Gasteiger partial charge in [-0.15, -0.1) is 0 Å². The van der Waals surface area contributed by atoms with Gasteiger partial charge in [0.1, 0.15) is 11.8 Å². The molecule has 3 aromatic carbocycles.